The Balaban J connectivity index is 1.71. The monoisotopic (exact) mass is 396 g/mol. The third kappa shape index (κ3) is 2.98. The molecule has 0 spiro atoms. The Kier molecular flexibility index (Phi) is 4.89. The van der Waals surface area contributed by atoms with Crippen LogP contribution >= 0.6 is 11.6 Å². The number of ketones is 1. The molecule has 0 radical (unpaired) electrons. The second-order valence-electron chi connectivity index (χ2n) is 7.16. The van der Waals surface area contributed by atoms with Crippen LogP contribution in [0.25, 0.3) is 11.0 Å². The van der Waals surface area contributed by atoms with Gasteiger partial charge < -0.3 is 4.90 Å². The van der Waals surface area contributed by atoms with Crippen LogP contribution in [0, 0.1) is 0 Å². The summed E-state index contributed by atoms with van der Waals surface area (Å²) in [6.45, 7) is 0.0104. The number of benzene rings is 2. The van der Waals surface area contributed by atoms with Crippen molar-refractivity contribution in [2.75, 3.05) is 7.05 Å². The fraction of sp³-hybridized carbons (Fsp3) is 0.333. The number of rotatable bonds is 4. The molecule has 1 aliphatic carbocycles. The molecule has 1 amide bonds. The maximum atomic E-state index is 13.2. The third-order valence-electron chi connectivity index (χ3n) is 5.63. The summed E-state index contributed by atoms with van der Waals surface area (Å²) in [6, 6.07) is 14.8. The number of aromatic nitrogens is 3. The molecule has 28 heavy (non-hydrogen) atoms. The number of likely N-dealkylation sites (N-methyl/N-ethyl adjacent to an activating group) is 1. The molecule has 1 fully saturated rings. The first kappa shape index (κ1) is 18.6. The van der Waals surface area contributed by atoms with Gasteiger partial charge in [0, 0.05) is 24.1 Å². The van der Waals surface area contributed by atoms with Crippen LogP contribution in [0.3, 0.4) is 0 Å². The molecule has 0 bridgehead atoms. The van der Waals surface area contributed by atoms with Crippen LogP contribution in [-0.4, -0.2) is 38.6 Å². The molecule has 0 aliphatic heterocycles. The molecule has 3 aromatic rings. The highest BCUT2D eigenvalue weighted by Gasteiger charge is 2.47. The minimum Gasteiger partial charge on any atom is -0.327 e. The van der Waals surface area contributed by atoms with Crippen molar-refractivity contribution in [3.63, 3.8) is 0 Å². The van der Waals surface area contributed by atoms with Crippen molar-refractivity contribution in [3.8, 4) is 0 Å². The van der Waals surface area contributed by atoms with E-state index in [9.17, 15) is 9.59 Å². The number of hydrogen-bond donors (Lipinski definition) is 0. The Hall–Kier alpha value is -2.73. The molecule has 4 rings (SSSR count). The molecule has 1 heterocycles. The van der Waals surface area contributed by atoms with Crippen molar-refractivity contribution in [1.82, 2.24) is 19.9 Å². The van der Waals surface area contributed by atoms with Gasteiger partial charge in [0.25, 0.3) is 0 Å². The molecular weight excluding hydrogens is 376 g/mol. The summed E-state index contributed by atoms with van der Waals surface area (Å²) in [5, 5.41) is 8.71. The lowest BCUT2D eigenvalue weighted by molar-refractivity contribution is -0.148. The average Bonchev–Trinajstić information content (AvgIpc) is 3.11. The molecule has 1 aliphatic rings. The van der Waals surface area contributed by atoms with Crippen LogP contribution in [0.2, 0.25) is 5.02 Å². The number of amides is 1. The third-order valence-corrected chi connectivity index (χ3v) is 5.95. The van der Waals surface area contributed by atoms with E-state index in [4.69, 9.17) is 11.6 Å². The quantitative estimate of drug-likeness (QED) is 0.676. The first-order chi connectivity index (χ1) is 13.5. The maximum absolute atomic E-state index is 13.2. The first-order valence-corrected chi connectivity index (χ1v) is 9.75. The molecule has 144 valence electrons. The summed E-state index contributed by atoms with van der Waals surface area (Å²) in [5.41, 5.74) is 1.17. The Morgan fingerprint density at radius 2 is 1.93 bits per heavy atom. The van der Waals surface area contributed by atoms with Crippen molar-refractivity contribution in [3.05, 3.63) is 59.1 Å². The van der Waals surface area contributed by atoms with Crippen molar-refractivity contribution in [2.24, 2.45) is 0 Å². The fourth-order valence-electron chi connectivity index (χ4n) is 4.11. The minimum atomic E-state index is -1.04. The highest BCUT2D eigenvalue weighted by molar-refractivity contribution is 6.31. The number of fused-ring (bicyclic) bond motifs is 1. The van der Waals surface area contributed by atoms with Gasteiger partial charge in [-0.25, -0.2) is 4.68 Å². The van der Waals surface area contributed by atoms with Crippen LogP contribution in [-0.2, 0) is 21.7 Å². The van der Waals surface area contributed by atoms with E-state index in [1.165, 1.54) is 0 Å². The molecule has 2 aromatic carbocycles. The van der Waals surface area contributed by atoms with Crippen LogP contribution < -0.4 is 0 Å². The van der Waals surface area contributed by atoms with E-state index < -0.39 is 5.54 Å². The molecule has 1 aromatic heterocycles. The summed E-state index contributed by atoms with van der Waals surface area (Å²) in [4.78, 5) is 27.9. The first-order valence-electron chi connectivity index (χ1n) is 9.37. The van der Waals surface area contributed by atoms with Gasteiger partial charge in [-0.1, -0.05) is 47.1 Å². The normalized spacial score (nSPS) is 19.7. The zero-order valence-electron chi connectivity index (χ0n) is 15.6. The number of Topliss-reactive ketones (excluding diaryl/α,β-unsaturated/α-hetero) is 1. The molecular formula is C21H21ClN4O2. The van der Waals surface area contributed by atoms with E-state index in [1.807, 2.05) is 42.5 Å². The van der Waals surface area contributed by atoms with Crippen molar-refractivity contribution in [2.45, 2.75) is 37.8 Å². The number of halogens is 1. The molecule has 1 saturated carbocycles. The lowest BCUT2D eigenvalue weighted by Gasteiger charge is -2.44. The van der Waals surface area contributed by atoms with Gasteiger partial charge in [-0.3, -0.25) is 9.59 Å². The van der Waals surface area contributed by atoms with Gasteiger partial charge in [-0.2, -0.15) is 0 Å². The standard InChI is InChI=1S/C21H21ClN4O2/c1-25(20(28)14-26-18-11-5-4-10-17(18)23-24-26)21(13-7-6-12-19(21)27)15-8-2-3-9-16(15)22/h2-5,8-11H,6-7,12-14H2,1H3. The number of carbonyl (C=O) groups excluding carboxylic acids is 2. The Morgan fingerprint density at radius 1 is 1.18 bits per heavy atom. The zero-order chi connectivity index (χ0) is 19.7. The predicted molar refractivity (Wildman–Crippen MR) is 107 cm³/mol. The summed E-state index contributed by atoms with van der Waals surface area (Å²) < 4.78 is 1.57. The van der Waals surface area contributed by atoms with Crippen LogP contribution in [0.4, 0.5) is 0 Å². The predicted octanol–water partition coefficient (Wildman–Crippen LogP) is 3.58. The molecule has 0 N–H and O–H groups in total. The lowest BCUT2D eigenvalue weighted by atomic mass is 9.74. The molecule has 6 nitrogen and oxygen atoms in total. The molecule has 1 unspecified atom stereocenters. The number of para-hydroxylation sites is 1. The van der Waals surface area contributed by atoms with Gasteiger partial charge in [0.05, 0.1) is 5.52 Å². The Morgan fingerprint density at radius 3 is 2.71 bits per heavy atom. The van der Waals surface area contributed by atoms with Gasteiger partial charge in [-0.15, -0.1) is 5.10 Å². The zero-order valence-corrected chi connectivity index (χ0v) is 16.4. The van der Waals surface area contributed by atoms with E-state index >= 15 is 0 Å². The molecule has 7 heteroatoms. The minimum absolute atomic E-state index is 0.0104. The van der Waals surface area contributed by atoms with Crippen molar-refractivity contribution >= 4 is 34.3 Å². The van der Waals surface area contributed by atoms with Crippen molar-refractivity contribution < 1.29 is 9.59 Å². The van der Waals surface area contributed by atoms with Gasteiger partial charge in [-0.05, 0) is 37.5 Å². The van der Waals surface area contributed by atoms with Crippen molar-refractivity contribution in [1.29, 1.82) is 0 Å². The fourth-order valence-corrected chi connectivity index (χ4v) is 4.40. The van der Waals surface area contributed by atoms with E-state index in [0.717, 1.165) is 23.9 Å². The van der Waals surface area contributed by atoms with Crippen LogP contribution in [0.5, 0.6) is 0 Å². The lowest BCUT2D eigenvalue weighted by Crippen LogP contribution is -2.55. The Labute approximate surface area is 168 Å². The van der Waals surface area contributed by atoms with Gasteiger partial charge >= 0.3 is 0 Å². The smallest absolute Gasteiger partial charge is 0.245 e. The van der Waals surface area contributed by atoms with E-state index in [-0.39, 0.29) is 18.2 Å². The number of hydrogen-bond acceptors (Lipinski definition) is 4. The SMILES string of the molecule is CN(C(=O)Cn1nnc2ccccc21)C1(c2ccccc2Cl)CCCCC1=O. The number of nitrogens with zero attached hydrogens (tertiary/aromatic N) is 4. The summed E-state index contributed by atoms with van der Waals surface area (Å²) in [5.74, 6) is -0.169. The van der Waals surface area contributed by atoms with Crippen LogP contribution in [0.15, 0.2) is 48.5 Å². The highest BCUT2D eigenvalue weighted by atomic mass is 35.5. The largest absolute Gasteiger partial charge is 0.327 e. The van der Waals surface area contributed by atoms with Gasteiger partial charge in [0.15, 0.2) is 5.78 Å². The Bertz CT molecular complexity index is 1050. The molecule has 1 atom stereocenters. The summed E-state index contributed by atoms with van der Waals surface area (Å²) in [6.07, 6.45) is 2.70. The molecule has 0 saturated heterocycles. The highest BCUT2D eigenvalue weighted by Crippen LogP contribution is 2.42. The second-order valence-corrected chi connectivity index (χ2v) is 7.57. The van der Waals surface area contributed by atoms with Gasteiger partial charge in [0.1, 0.15) is 17.6 Å². The maximum Gasteiger partial charge on any atom is 0.245 e. The van der Waals surface area contributed by atoms with E-state index in [0.29, 0.717) is 23.4 Å². The average molecular weight is 397 g/mol. The second kappa shape index (κ2) is 7.36. The summed E-state index contributed by atoms with van der Waals surface area (Å²) in [7, 11) is 1.69. The van der Waals surface area contributed by atoms with Gasteiger partial charge in [0.2, 0.25) is 5.91 Å². The van der Waals surface area contributed by atoms with E-state index in [2.05, 4.69) is 10.3 Å². The topological polar surface area (TPSA) is 68.1 Å². The van der Waals surface area contributed by atoms with Crippen LogP contribution in [0.1, 0.15) is 31.2 Å². The number of carbonyl (C=O) groups is 2. The van der Waals surface area contributed by atoms with E-state index in [1.54, 1.807) is 22.7 Å². The summed E-state index contributed by atoms with van der Waals surface area (Å²) >= 11 is 6.46.